The molecule has 0 amide bonds. The number of hydrogen-bond acceptors (Lipinski definition) is 1. The van der Waals surface area contributed by atoms with E-state index in [4.69, 9.17) is 11.6 Å². The first-order chi connectivity index (χ1) is 10.8. The number of imidazole rings is 1. The van der Waals surface area contributed by atoms with Crippen LogP contribution >= 0.6 is 11.6 Å². The van der Waals surface area contributed by atoms with Crippen LogP contribution in [0.25, 0.3) is 11.0 Å². The van der Waals surface area contributed by atoms with Gasteiger partial charge in [-0.3, -0.25) is 9.13 Å². The first-order valence-corrected chi connectivity index (χ1v) is 8.73. The van der Waals surface area contributed by atoms with Gasteiger partial charge in [-0.25, -0.2) is 4.79 Å². The quantitative estimate of drug-likeness (QED) is 0.600. The lowest BCUT2D eigenvalue weighted by molar-refractivity contribution is 0.318. The van der Waals surface area contributed by atoms with Crippen molar-refractivity contribution < 1.29 is 0 Å². The third-order valence-electron chi connectivity index (χ3n) is 4.63. The summed E-state index contributed by atoms with van der Waals surface area (Å²) in [6.45, 7) is 1.44. The molecule has 0 atom stereocenters. The van der Waals surface area contributed by atoms with Gasteiger partial charge >= 0.3 is 5.69 Å². The van der Waals surface area contributed by atoms with E-state index >= 15 is 0 Å². The van der Waals surface area contributed by atoms with Crippen molar-refractivity contribution in [1.29, 1.82) is 0 Å². The molecule has 3 rings (SSSR count). The Morgan fingerprint density at radius 2 is 1.73 bits per heavy atom. The molecule has 22 heavy (non-hydrogen) atoms. The van der Waals surface area contributed by atoms with E-state index in [1.165, 1.54) is 32.1 Å². The van der Waals surface area contributed by atoms with Crippen molar-refractivity contribution in [3.05, 3.63) is 46.9 Å². The summed E-state index contributed by atoms with van der Waals surface area (Å²) >= 11 is 5.68. The van der Waals surface area contributed by atoms with Gasteiger partial charge in [-0.2, -0.15) is 0 Å². The Labute approximate surface area is 136 Å². The molecule has 0 radical (unpaired) electrons. The Morgan fingerprint density at radius 1 is 1.05 bits per heavy atom. The number of alkyl halides is 1. The summed E-state index contributed by atoms with van der Waals surface area (Å²) in [5, 5.41) is 0. The zero-order valence-corrected chi connectivity index (χ0v) is 13.6. The van der Waals surface area contributed by atoms with E-state index in [0.717, 1.165) is 17.6 Å². The molecule has 1 fully saturated rings. The van der Waals surface area contributed by atoms with E-state index in [1.54, 1.807) is 0 Å². The van der Waals surface area contributed by atoms with Gasteiger partial charge in [0.25, 0.3) is 0 Å². The fourth-order valence-electron chi connectivity index (χ4n) is 3.50. The average molecular weight is 319 g/mol. The Hall–Kier alpha value is -1.48. The molecule has 1 aromatic carbocycles. The van der Waals surface area contributed by atoms with Crippen molar-refractivity contribution in [3.63, 3.8) is 0 Å². The van der Waals surface area contributed by atoms with Crippen LogP contribution in [0.5, 0.6) is 0 Å². The van der Waals surface area contributed by atoms with Crippen LogP contribution in [0, 0.1) is 5.92 Å². The molecular formula is C18H23ClN2O. The fraction of sp³-hybridized carbons (Fsp3) is 0.500. The van der Waals surface area contributed by atoms with Crippen LogP contribution in [0.2, 0.25) is 0 Å². The molecule has 2 aromatic rings. The van der Waals surface area contributed by atoms with Gasteiger partial charge in [0.2, 0.25) is 0 Å². The highest BCUT2D eigenvalue weighted by Crippen LogP contribution is 2.26. The van der Waals surface area contributed by atoms with E-state index in [-0.39, 0.29) is 5.69 Å². The number of aromatic nitrogens is 2. The third kappa shape index (κ3) is 3.14. The van der Waals surface area contributed by atoms with Crippen LogP contribution in [0.15, 0.2) is 41.2 Å². The Morgan fingerprint density at radius 3 is 2.41 bits per heavy atom. The van der Waals surface area contributed by atoms with Crippen molar-refractivity contribution in [1.82, 2.24) is 9.13 Å². The number of allylic oxidation sites excluding steroid dienone is 2. The largest absolute Gasteiger partial charge is 0.329 e. The number of fused-ring (bicyclic) bond motifs is 1. The van der Waals surface area contributed by atoms with Gasteiger partial charge < -0.3 is 0 Å². The monoisotopic (exact) mass is 318 g/mol. The van der Waals surface area contributed by atoms with Crippen LogP contribution in [0.1, 0.15) is 32.1 Å². The van der Waals surface area contributed by atoms with Gasteiger partial charge in [-0.15, -0.1) is 11.6 Å². The van der Waals surface area contributed by atoms with Crippen LogP contribution in [0.4, 0.5) is 0 Å². The van der Waals surface area contributed by atoms with Gasteiger partial charge in [-0.05, 0) is 30.9 Å². The van der Waals surface area contributed by atoms with Crippen LogP contribution in [-0.2, 0) is 13.1 Å². The number of hydrogen-bond donors (Lipinski definition) is 0. The van der Waals surface area contributed by atoms with Crippen molar-refractivity contribution in [2.45, 2.75) is 45.2 Å². The van der Waals surface area contributed by atoms with Crippen molar-refractivity contribution in [2.75, 3.05) is 5.88 Å². The Balaban J connectivity index is 1.96. The topological polar surface area (TPSA) is 26.9 Å². The Kier molecular flexibility index (Phi) is 5.04. The molecule has 3 nitrogen and oxygen atoms in total. The van der Waals surface area contributed by atoms with Gasteiger partial charge in [0, 0.05) is 19.0 Å². The van der Waals surface area contributed by atoms with Crippen molar-refractivity contribution in [3.8, 4) is 0 Å². The predicted octanol–water partition coefficient (Wildman–Crippen LogP) is 4.18. The fourth-order valence-corrected chi connectivity index (χ4v) is 3.62. The summed E-state index contributed by atoms with van der Waals surface area (Å²) in [5.41, 5.74) is 2.17. The molecule has 0 aliphatic heterocycles. The summed E-state index contributed by atoms with van der Waals surface area (Å²) < 4.78 is 3.82. The minimum Gasteiger partial charge on any atom is -0.292 e. The van der Waals surface area contributed by atoms with Gasteiger partial charge in [-0.1, -0.05) is 43.5 Å². The molecule has 1 aliphatic rings. The average Bonchev–Trinajstić information content (AvgIpc) is 2.82. The first-order valence-electron chi connectivity index (χ1n) is 8.20. The normalized spacial score (nSPS) is 16.8. The van der Waals surface area contributed by atoms with Gasteiger partial charge in [0.05, 0.1) is 11.0 Å². The molecule has 0 N–H and O–H groups in total. The molecule has 0 unspecified atom stereocenters. The van der Waals surface area contributed by atoms with Gasteiger partial charge in [0.1, 0.15) is 0 Å². The minimum atomic E-state index is 0.103. The lowest BCUT2D eigenvalue weighted by Crippen LogP contribution is -2.27. The second-order valence-corrected chi connectivity index (χ2v) is 6.43. The molecule has 1 saturated carbocycles. The molecule has 1 aromatic heterocycles. The van der Waals surface area contributed by atoms with Crippen LogP contribution in [0.3, 0.4) is 0 Å². The number of nitrogens with zero attached hydrogens (tertiary/aromatic N) is 2. The molecule has 0 saturated heterocycles. The smallest absolute Gasteiger partial charge is 0.292 e. The molecule has 1 aliphatic carbocycles. The molecule has 118 valence electrons. The molecule has 1 heterocycles. The van der Waals surface area contributed by atoms with Crippen LogP contribution in [-0.4, -0.2) is 15.0 Å². The second kappa shape index (κ2) is 7.19. The van der Waals surface area contributed by atoms with E-state index in [9.17, 15) is 4.79 Å². The molecule has 4 heteroatoms. The maximum absolute atomic E-state index is 12.8. The summed E-state index contributed by atoms with van der Waals surface area (Å²) in [7, 11) is 0. The second-order valence-electron chi connectivity index (χ2n) is 6.12. The maximum atomic E-state index is 12.8. The number of rotatable bonds is 5. The Bertz CT molecular complexity index is 707. The molecule has 0 spiro atoms. The first kappa shape index (κ1) is 15.4. The lowest BCUT2D eigenvalue weighted by Gasteiger charge is -2.21. The van der Waals surface area contributed by atoms with Gasteiger partial charge in [0.15, 0.2) is 0 Å². The highest BCUT2D eigenvalue weighted by Gasteiger charge is 2.18. The highest BCUT2D eigenvalue weighted by atomic mass is 35.5. The van der Waals surface area contributed by atoms with Crippen molar-refractivity contribution in [2.24, 2.45) is 5.92 Å². The summed E-state index contributed by atoms with van der Waals surface area (Å²) in [4.78, 5) is 12.8. The third-order valence-corrected chi connectivity index (χ3v) is 4.81. The number of para-hydroxylation sites is 2. The molecular weight excluding hydrogens is 296 g/mol. The van der Waals surface area contributed by atoms with Crippen molar-refractivity contribution >= 4 is 22.6 Å². The van der Waals surface area contributed by atoms with E-state index in [1.807, 2.05) is 39.5 Å². The minimum absolute atomic E-state index is 0.103. The van der Waals surface area contributed by atoms with E-state index in [0.29, 0.717) is 18.3 Å². The molecule has 0 bridgehead atoms. The SMILES string of the molecule is O=c1n(CC=CCCl)c2ccccc2n1CC1CCCCC1. The van der Waals surface area contributed by atoms with E-state index in [2.05, 4.69) is 6.07 Å². The summed E-state index contributed by atoms with van der Waals surface area (Å²) in [6.07, 6.45) is 10.3. The summed E-state index contributed by atoms with van der Waals surface area (Å²) in [6, 6.07) is 8.09. The lowest BCUT2D eigenvalue weighted by atomic mass is 9.89. The zero-order valence-electron chi connectivity index (χ0n) is 12.9. The van der Waals surface area contributed by atoms with Crippen LogP contribution < -0.4 is 5.69 Å². The predicted molar refractivity (Wildman–Crippen MR) is 92.6 cm³/mol. The summed E-state index contributed by atoms with van der Waals surface area (Å²) in [5.74, 6) is 1.12. The standard InChI is InChI=1S/C18H23ClN2O/c19-12-6-7-13-20-16-10-4-5-11-17(16)21(18(20)22)14-15-8-2-1-3-9-15/h4-7,10-11,15H,1-3,8-9,12-14H2. The zero-order chi connectivity index (χ0) is 15.4. The maximum Gasteiger partial charge on any atom is 0.329 e. The van der Waals surface area contributed by atoms with E-state index < -0.39 is 0 Å². The number of halogens is 1. The number of benzene rings is 1. The highest BCUT2D eigenvalue weighted by molar-refractivity contribution is 6.18.